The van der Waals surface area contributed by atoms with Crippen LogP contribution in [-0.2, 0) is 11.8 Å². The van der Waals surface area contributed by atoms with Crippen molar-refractivity contribution in [3.8, 4) is 0 Å². The highest BCUT2D eigenvalue weighted by Crippen LogP contribution is 2.51. The number of hydrazine groups is 1. The Hall–Kier alpha value is -2.67. The van der Waals surface area contributed by atoms with Crippen molar-refractivity contribution in [1.29, 1.82) is 0 Å². The van der Waals surface area contributed by atoms with Crippen molar-refractivity contribution in [2.45, 2.75) is 57.5 Å². The van der Waals surface area contributed by atoms with Crippen LogP contribution in [0.3, 0.4) is 0 Å². The lowest BCUT2D eigenvalue weighted by Crippen LogP contribution is -2.56. The first-order valence-electron chi connectivity index (χ1n) is 13.7. The van der Waals surface area contributed by atoms with Gasteiger partial charge in [-0.1, -0.05) is 17.7 Å². The van der Waals surface area contributed by atoms with Gasteiger partial charge in [-0.15, -0.1) is 0 Å². The number of aromatic nitrogens is 4. The van der Waals surface area contributed by atoms with Gasteiger partial charge in [0.2, 0.25) is 11.9 Å². The second-order valence-corrected chi connectivity index (χ2v) is 11.3. The number of halogens is 4. The minimum absolute atomic E-state index is 0.0185. The number of alkyl halides is 2. The summed E-state index contributed by atoms with van der Waals surface area (Å²) in [5.74, 6) is 3.91. The van der Waals surface area contributed by atoms with Crippen LogP contribution in [-0.4, -0.2) is 69.2 Å². The van der Waals surface area contributed by atoms with Gasteiger partial charge >= 0.3 is 0 Å². The van der Waals surface area contributed by atoms with Gasteiger partial charge in [0.25, 0.3) is 0 Å². The van der Waals surface area contributed by atoms with Crippen molar-refractivity contribution >= 4 is 34.5 Å². The number of piperazine rings is 1. The molecule has 40 heavy (non-hydrogen) atoms. The smallest absolute Gasteiger partial charge is 0.248 e. The first kappa shape index (κ1) is 28.8. The lowest BCUT2D eigenvalue weighted by atomic mass is 9.73. The van der Waals surface area contributed by atoms with E-state index in [0.717, 1.165) is 19.0 Å². The van der Waals surface area contributed by atoms with E-state index >= 15 is 0 Å². The molecular weight excluding hydrogens is 545 g/mol. The Bertz CT molecular complexity index is 1340. The van der Waals surface area contributed by atoms with E-state index in [4.69, 9.17) is 22.2 Å². The molecule has 3 aromatic rings. The average Bonchev–Trinajstić information content (AvgIpc) is 3.58. The Morgan fingerprint density at radius 3 is 2.45 bits per heavy atom. The fraction of sp³-hybridized carbons (Fsp3) is 0.593. The summed E-state index contributed by atoms with van der Waals surface area (Å²) >= 11 is 5.89. The predicted molar refractivity (Wildman–Crippen MR) is 149 cm³/mol. The summed E-state index contributed by atoms with van der Waals surface area (Å²) in [5, 5.41) is 0.0207. The maximum absolute atomic E-state index is 14.3. The van der Waals surface area contributed by atoms with E-state index < -0.39 is 11.7 Å². The minimum atomic E-state index is -2.67. The van der Waals surface area contributed by atoms with Crippen molar-refractivity contribution in [2.75, 3.05) is 43.2 Å². The first-order valence-corrected chi connectivity index (χ1v) is 14.0. The lowest BCUT2D eigenvalue weighted by Gasteiger charge is -2.49. The molecule has 4 heterocycles. The second kappa shape index (κ2) is 11.7. The normalized spacial score (nSPS) is 22.1. The highest BCUT2D eigenvalue weighted by Gasteiger charge is 2.50. The van der Waals surface area contributed by atoms with Crippen molar-refractivity contribution in [2.24, 2.45) is 18.8 Å². The van der Waals surface area contributed by atoms with Crippen LogP contribution < -0.4 is 16.2 Å². The van der Waals surface area contributed by atoms with E-state index in [1.165, 1.54) is 25.0 Å². The molecule has 2 atom stereocenters. The van der Waals surface area contributed by atoms with Gasteiger partial charge in [-0.3, -0.25) is 10.3 Å². The van der Waals surface area contributed by atoms with Gasteiger partial charge in [-0.05, 0) is 50.3 Å². The average molecular weight is 581 g/mol. The zero-order valence-electron chi connectivity index (χ0n) is 23.0. The van der Waals surface area contributed by atoms with E-state index in [1.54, 1.807) is 6.07 Å². The zero-order chi connectivity index (χ0) is 28.6. The molecule has 2 aromatic heterocycles. The lowest BCUT2D eigenvalue weighted by molar-refractivity contribution is -0.133. The molecule has 13 heteroatoms. The third kappa shape index (κ3) is 5.86. The van der Waals surface area contributed by atoms with Gasteiger partial charge in [0, 0.05) is 64.8 Å². The number of ether oxygens (including phenoxy) is 1. The molecule has 0 bridgehead atoms. The SMILES string of the molecule is C1CCOC1.Cc1nc2c(N3CCN(C(c4ccc(Cl)c(F)c4)C4CC(F)(F)C4)CC3C)nc(NN)nc2n1C. The Morgan fingerprint density at radius 1 is 1.15 bits per heavy atom. The second-order valence-electron chi connectivity index (χ2n) is 10.9. The molecular formula is C27H36ClF3N8O. The summed E-state index contributed by atoms with van der Waals surface area (Å²) in [6.45, 7) is 7.71. The minimum Gasteiger partial charge on any atom is -0.381 e. The number of nitrogens with two attached hydrogens (primary N) is 1. The Labute approximate surface area is 236 Å². The number of aryl methyl sites for hydroxylation is 2. The predicted octanol–water partition coefficient (Wildman–Crippen LogP) is 4.84. The van der Waals surface area contributed by atoms with Crippen LogP contribution in [0.1, 0.15) is 50.0 Å². The van der Waals surface area contributed by atoms with Crippen LogP contribution in [0.4, 0.5) is 24.9 Å². The van der Waals surface area contributed by atoms with Crippen LogP contribution in [0.2, 0.25) is 5.02 Å². The van der Waals surface area contributed by atoms with Gasteiger partial charge in [0.05, 0.1) is 5.02 Å². The summed E-state index contributed by atoms with van der Waals surface area (Å²) in [7, 11) is 1.88. The number of rotatable bonds is 5. The summed E-state index contributed by atoms with van der Waals surface area (Å²) in [4.78, 5) is 18.0. The summed E-state index contributed by atoms with van der Waals surface area (Å²) in [6, 6.07) is 4.28. The third-order valence-electron chi connectivity index (χ3n) is 8.06. The quantitative estimate of drug-likeness (QED) is 0.327. The molecule has 218 valence electrons. The molecule has 3 fully saturated rings. The molecule has 1 saturated carbocycles. The van der Waals surface area contributed by atoms with Crippen LogP contribution in [0, 0.1) is 18.7 Å². The number of anilines is 2. The fourth-order valence-corrected chi connectivity index (χ4v) is 6.01. The molecule has 2 unspecified atom stereocenters. The van der Waals surface area contributed by atoms with Gasteiger partial charge in [-0.2, -0.15) is 9.97 Å². The standard InChI is InChI=1S/C23H28ClF3N8.C4H8O/c1-12-11-34(19(15-9-23(26,27)10-15)14-4-5-16(24)17(25)8-14)6-7-35(12)21-18-20(30-22(31-21)32-28)33(3)13(2)29-18;1-2-4-5-3-1/h4-5,8,12,15,19H,6-7,9-11,28H2,1-3H3,(H,30,31,32);1-4H2. The van der Waals surface area contributed by atoms with Crippen LogP contribution in [0.15, 0.2) is 18.2 Å². The first-order chi connectivity index (χ1) is 19.1. The number of nitrogens with zero attached hydrogens (tertiary/aromatic N) is 6. The number of imidazole rings is 1. The molecule has 3 aliphatic rings. The van der Waals surface area contributed by atoms with Crippen molar-refractivity contribution in [3.05, 3.63) is 40.4 Å². The van der Waals surface area contributed by atoms with Crippen molar-refractivity contribution in [3.63, 3.8) is 0 Å². The summed E-state index contributed by atoms with van der Waals surface area (Å²) in [5.41, 5.74) is 4.55. The molecule has 0 radical (unpaired) electrons. The highest BCUT2D eigenvalue weighted by molar-refractivity contribution is 6.30. The van der Waals surface area contributed by atoms with Gasteiger partial charge in [-0.25, -0.2) is 24.0 Å². The Morgan fingerprint density at radius 2 is 1.88 bits per heavy atom. The number of nitrogens with one attached hydrogen (secondary N) is 1. The van der Waals surface area contributed by atoms with E-state index in [-0.39, 0.29) is 41.8 Å². The third-order valence-corrected chi connectivity index (χ3v) is 8.36. The van der Waals surface area contributed by atoms with Gasteiger partial charge < -0.3 is 14.2 Å². The molecule has 6 rings (SSSR count). The van der Waals surface area contributed by atoms with Crippen LogP contribution in [0.5, 0.6) is 0 Å². The fourth-order valence-electron chi connectivity index (χ4n) is 5.89. The summed E-state index contributed by atoms with van der Waals surface area (Å²) < 4.78 is 48.8. The number of benzene rings is 1. The molecule has 1 aromatic carbocycles. The van der Waals surface area contributed by atoms with Crippen LogP contribution in [0.25, 0.3) is 11.2 Å². The topological polar surface area (TPSA) is 97.4 Å². The molecule has 0 spiro atoms. The van der Waals surface area contributed by atoms with Crippen molar-refractivity contribution in [1.82, 2.24) is 24.4 Å². The molecule has 9 nitrogen and oxygen atoms in total. The highest BCUT2D eigenvalue weighted by atomic mass is 35.5. The molecule has 2 saturated heterocycles. The summed E-state index contributed by atoms with van der Waals surface area (Å²) in [6.07, 6.45) is 2.14. The van der Waals surface area contributed by atoms with E-state index in [0.29, 0.717) is 42.2 Å². The van der Waals surface area contributed by atoms with Crippen molar-refractivity contribution < 1.29 is 17.9 Å². The van der Waals surface area contributed by atoms with E-state index in [2.05, 4.69) is 37.1 Å². The van der Waals surface area contributed by atoms with Gasteiger partial charge in [0.1, 0.15) is 11.6 Å². The molecule has 0 amide bonds. The molecule has 1 aliphatic carbocycles. The number of hydrogen-bond donors (Lipinski definition) is 2. The maximum Gasteiger partial charge on any atom is 0.248 e. The van der Waals surface area contributed by atoms with Gasteiger partial charge in [0.15, 0.2) is 17.0 Å². The Balaban J connectivity index is 0.000000582. The number of fused-ring (bicyclic) bond motifs is 1. The van der Waals surface area contributed by atoms with Crippen LogP contribution >= 0.6 is 11.6 Å². The molecule has 3 N–H and O–H groups in total. The Kier molecular flexibility index (Phi) is 8.42. The molecule has 2 aliphatic heterocycles. The zero-order valence-corrected chi connectivity index (χ0v) is 23.8. The number of nitrogen functional groups attached to an aromatic ring is 1. The van der Waals surface area contributed by atoms with E-state index in [1.807, 2.05) is 18.5 Å². The monoisotopic (exact) mass is 580 g/mol. The number of hydrogen-bond acceptors (Lipinski definition) is 8. The largest absolute Gasteiger partial charge is 0.381 e. The maximum atomic E-state index is 14.3. The van der Waals surface area contributed by atoms with E-state index in [9.17, 15) is 13.2 Å².